The molecule has 0 aliphatic rings. The number of aromatic amines is 1. The first-order chi connectivity index (χ1) is 11.4. The molecule has 0 saturated heterocycles. The average molecular weight is 321 g/mol. The summed E-state index contributed by atoms with van der Waals surface area (Å²) in [4.78, 5) is 10.8. The van der Waals surface area contributed by atoms with E-state index < -0.39 is 5.41 Å². The van der Waals surface area contributed by atoms with Crippen molar-refractivity contribution < 1.29 is 5.11 Å². The number of rotatable bonds is 3. The molecule has 0 saturated carbocycles. The van der Waals surface area contributed by atoms with E-state index in [2.05, 4.69) is 35.1 Å². The molecule has 120 valence electrons. The monoisotopic (exact) mass is 321 g/mol. The molecule has 0 aliphatic carbocycles. The molecule has 8 nitrogen and oxygen atoms in total. The summed E-state index contributed by atoms with van der Waals surface area (Å²) < 4.78 is 0. The van der Waals surface area contributed by atoms with Crippen molar-refractivity contribution in [2.24, 2.45) is 15.6 Å². The third-order valence-electron chi connectivity index (χ3n) is 3.02. The number of hydrogen-bond donors (Lipinski definition) is 2. The third kappa shape index (κ3) is 3.45. The Bertz CT molecular complexity index is 874. The molecular formula is C16H15N7O. The molecule has 2 rings (SSSR count). The molecule has 0 amide bonds. The Morgan fingerprint density at radius 1 is 1.29 bits per heavy atom. The van der Waals surface area contributed by atoms with Gasteiger partial charge in [0, 0.05) is 16.7 Å². The Kier molecular flexibility index (Phi) is 4.71. The number of H-pyrrole nitrogens is 1. The van der Waals surface area contributed by atoms with Crippen LogP contribution in [0.5, 0.6) is 0 Å². The number of allylic oxidation sites excluding steroid dienone is 1. The normalized spacial score (nSPS) is 12.5. The van der Waals surface area contributed by atoms with Gasteiger partial charge in [-0.15, -0.1) is 0 Å². The minimum Gasteiger partial charge on any atom is -0.521 e. The molecule has 0 atom stereocenters. The smallest absolute Gasteiger partial charge is 0.333 e. The highest BCUT2D eigenvalue weighted by Crippen LogP contribution is 2.36. The van der Waals surface area contributed by atoms with Crippen LogP contribution in [0.3, 0.4) is 0 Å². The van der Waals surface area contributed by atoms with E-state index in [1.165, 1.54) is 0 Å². The van der Waals surface area contributed by atoms with E-state index in [1.54, 1.807) is 45.2 Å². The highest BCUT2D eigenvalue weighted by molar-refractivity contribution is 5.80. The zero-order valence-electron chi connectivity index (χ0n) is 13.4. The number of aliphatic hydroxyl groups excluding tert-OH is 1. The summed E-state index contributed by atoms with van der Waals surface area (Å²) in [5.74, 6) is -0.375. The number of nitrogens with zero attached hydrogens (tertiary/aromatic N) is 6. The molecule has 0 fully saturated rings. The Labute approximate surface area is 139 Å². The molecule has 0 bridgehead atoms. The Balaban J connectivity index is 2.44. The van der Waals surface area contributed by atoms with Gasteiger partial charge in [-0.2, -0.15) is 5.10 Å². The van der Waals surface area contributed by atoms with Crippen LogP contribution in [0, 0.1) is 18.6 Å². The summed E-state index contributed by atoms with van der Waals surface area (Å²) in [5, 5.41) is 24.3. The summed E-state index contributed by atoms with van der Waals surface area (Å²) >= 11 is 0. The van der Waals surface area contributed by atoms with Crippen molar-refractivity contribution in [3.8, 4) is 11.4 Å². The number of aromatic nitrogens is 3. The quantitative estimate of drug-likeness (QED) is 0.483. The number of nitrogens with one attached hydrogen (secondary N) is 1. The van der Waals surface area contributed by atoms with Gasteiger partial charge in [-0.3, -0.25) is 10.1 Å². The van der Waals surface area contributed by atoms with Crippen LogP contribution < -0.4 is 0 Å². The van der Waals surface area contributed by atoms with E-state index in [-0.39, 0.29) is 23.1 Å². The van der Waals surface area contributed by atoms with Gasteiger partial charge >= 0.3 is 5.82 Å². The van der Waals surface area contributed by atoms with E-state index in [0.29, 0.717) is 11.4 Å². The van der Waals surface area contributed by atoms with Crippen LogP contribution in [0.25, 0.3) is 21.1 Å². The first-order valence-corrected chi connectivity index (χ1v) is 6.98. The number of pyridine rings is 1. The van der Waals surface area contributed by atoms with Gasteiger partial charge in [0.05, 0.1) is 18.0 Å². The maximum Gasteiger partial charge on any atom is 0.333 e. The van der Waals surface area contributed by atoms with Crippen molar-refractivity contribution in [2.75, 3.05) is 0 Å². The second kappa shape index (κ2) is 6.71. The van der Waals surface area contributed by atoms with Crippen LogP contribution in [-0.2, 0) is 0 Å². The zero-order chi connectivity index (χ0) is 17.7. The number of aliphatic hydroxyl groups is 1. The largest absolute Gasteiger partial charge is 0.521 e. The molecule has 2 aromatic heterocycles. The second-order valence-corrected chi connectivity index (χ2v) is 5.83. The van der Waals surface area contributed by atoms with Gasteiger partial charge in [0.15, 0.2) is 0 Å². The Hall–Kier alpha value is -3.52. The summed E-state index contributed by atoms with van der Waals surface area (Å²) in [6.45, 7) is 19.7. The van der Waals surface area contributed by atoms with Gasteiger partial charge in [-0.05, 0) is 17.2 Å². The van der Waals surface area contributed by atoms with Crippen LogP contribution >= 0.6 is 0 Å². The predicted molar refractivity (Wildman–Crippen MR) is 88.3 cm³/mol. The van der Waals surface area contributed by atoms with Crippen molar-refractivity contribution in [3.63, 3.8) is 0 Å². The first-order valence-electron chi connectivity index (χ1n) is 6.98. The van der Waals surface area contributed by atoms with E-state index >= 15 is 0 Å². The van der Waals surface area contributed by atoms with E-state index in [4.69, 9.17) is 13.1 Å². The fourth-order valence-corrected chi connectivity index (χ4v) is 1.74. The van der Waals surface area contributed by atoms with Crippen molar-refractivity contribution in [2.45, 2.75) is 20.8 Å². The van der Waals surface area contributed by atoms with Gasteiger partial charge in [0.1, 0.15) is 5.76 Å². The zero-order valence-corrected chi connectivity index (χ0v) is 13.4. The van der Waals surface area contributed by atoms with Crippen LogP contribution in [-0.4, -0.2) is 20.3 Å². The first kappa shape index (κ1) is 16.8. The van der Waals surface area contributed by atoms with Gasteiger partial charge in [-0.1, -0.05) is 33.4 Å². The molecule has 2 N–H and O–H groups in total. The summed E-state index contributed by atoms with van der Waals surface area (Å²) in [5.41, 5.74) is 0.493. The molecule has 8 heteroatoms. The van der Waals surface area contributed by atoms with Crippen LogP contribution in [0.1, 0.15) is 20.8 Å². The topological polar surface area (TPSA) is 95.2 Å². The third-order valence-corrected chi connectivity index (χ3v) is 3.02. The molecule has 2 heterocycles. The van der Waals surface area contributed by atoms with Gasteiger partial charge < -0.3 is 9.95 Å². The molecule has 24 heavy (non-hydrogen) atoms. The van der Waals surface area contributed by atoms with Gasteiger partial charge in [0.2, 0.25) is 5.82 Å². The molecular weight excluding hydrogens is 306 g/mol. The van der Waals surface area contributed by atoms with Crippen LogP contribution in [0.2, 0.25) is 0 Å². The van der Waals surface area contributed by atoms with Gasteiger partial charge in [-0.25, -0.2) is 4.85 Å². The summed E-state index contributed by atoms with van der Waals surface area (Å²) in [6, 6.07) is 5.29. The molecule has 0 unspecified atom stereocenters. The maximum absolute atomic E-state index is 10.0. The Morgan fingerprint density at radius 3 is 2.58 bits per heavy atom. The molecule has 2 aromatic rings. The lowest BCUT2D eigenvalue weighted by Crippen LogP contribution is -2.10. The maximum atomic E-state index is 10.0. The SMILES string of the molecule is [C-]#[N+]C(/N=N/c1n[nH]c(-c2ccccn2)c1[N+]#[C-])=C(/O)C(C)(C)C. The number of hydrogen-bond acceptors (Lipinski definition) is 5. The molecule has 0 aromatic carbocycles. The average Bonchev–Trinajstić information content (AvgIpc) is 2.98. The standard InChI is InChI=1S/C16H15N7O/c1-16(2,3)13(24)15(18-5)23-22-14-12(17-4)11(20-21-14)10-8-6-7-9-19-10/h6-9,24H,1-3H3,(H,20,21)/b15-13-,23-22+. The predicted octanol–water partition coefficient (Wildman–Crippen LogP) is 4.80. The van der Waals surface area contributed by atoms with Gasteiger partial charge in [0.25, 0.3) is 5.69 Å². The lowest BCUT2D eigenvalue weighted by Gasteiger charge is -2.17. The van der Waals surface area contributed by atoms with E-state index in [1.807, 2.05) is 0 Å². The van der Waals surface area contributed by atoms with Crippen LogP contribution in [0.15, 0.2) is 46.2 Å². The minimum absolute atomic E-state index is 0.0357. The summed E-state index contributed by atoms with van der Waals surface area (Å²) in [6.07, 6.45) is 1.60. The summed E-state index contributed by atoms with van der Waals surface area (Å²) in [7, 11) is 0. The highest BCUT2D eigenvalue weighted by Gasteiger charge is 2.22. The van der Waals surface area contributed by atoms with Crippen molar-refractivity contribution in [3.05, 3.63) is 58.8 Å². The Morgan fingerprint density at radius 2 is 2.04 bits per heavy atom. The van der Waals surface area contributed by atoms with Crippen molar-refractivity contribution in [1.82, 2.24) is 15.2 Å². The van der Waals surface area contributed by atoms with Crippen molar-refractivity contribution >= 4 is 11.5 Å². The lowest BCUT2D eigenvalue weighted by atomic mass is 9.94. The molecule has 0 radical (unpaired) electrons. The van der Waals surface area contributed by atoms with E-state index in [9.17, 15) is 5.11 Å². The fraction of sp³-hybridized carbons (Fsp3) is 0.250. The highest BCUT2D eigenvalue weighted by atomic mass is 16.3. The number of azo groups is 1. The van der Waals surface area contributed by atoms with Crippen molar-refractivity contribution in [1.29, 1.82) is 0 Å². The second-order valence-electron chi connectivity index (χ2n) is 5.83. The molecule has 0 spiro atoms. The minimum atomic E-state index is -0.633. The van der Waals surface area contributed by atoms with Crippen LogP contribution in [0.4, 0.5) is 11.5 Å². The van der Waals surface area contributed by atoms with E-state index in [0.717, 1.165) is 0 Å². The lowest BCUT2D eigenvalue weighted by molar-refractivity contribution is 0.272. The fourth-order valence-electron chi connectivity index (χ4n) is 1.74. The molecule has 0 aliphatic heterocycles.